The molecule has 0 saturated heterocycles. The van der Waals surface area contributed by atoms with Gasteiger partial charge in [0.2, 0.25) is 0 Å². The summed E-state index contributed by atoms with van der Waals surface area (Å²) in [7, 11) is 2.00. The Kier molecular flexibility index (Phi) is 6.05. The summed E-state index contributed by atoms with van der Waals surface area (Å²) < 4.78 is 5.28. The van der Waals surface area contributed by atoms with Gasteiger partial charge in [0.15, 0.2) is 0 Å². The van der Waals surface area contributed by atoms with Crippen LogP contribution in [-0.4, -0.2) is 60.9 Å². The van der Waals surface area contributed by atoms with E-state index in [1.54, 1.807) is 6.92 Å². The summed E-state index contributed by atoms with van der Waals surface area (Å²) in [6.07, 6.45) is 2.81. The summed E-state index contributed by atoms with van der Waals surface area (Å²) in [5, 5.41) is 12.6. The van der Waals surface area contributed by atoms with Crippen molar-refractivity contribution in [2.45, 2.75) is 44.7 Å². The first-order valence-electron chi connectivity index (χ1n) is 6.75. The second-order valence-electron chi connectivity index (χ2n) is 5.31. The van der Waals surface area contributed by atoms with Crippen molar-refractivity contribution in [3.63, 3.8) is 0 Å². The van der Waals surface area contributed by atoms with Crippen LogP contribution in [0.25, 0.3) is 0 Å². The maximum absolute atomic E-state index is 11.4. The van der Waals surface area contributed by atoms with E-state index in [1.165, 1.54) is 0 Å². The molecule has 0 amide bonds. The van der Waals surface area contributed by atoms with Gasteiger partial charge in [0.25, 0.3) is 0 Å². The third-order valence-corrected chi connectivity index (χ3v) is 3.39. The van der Waals surface area contributed by atoms with Gasteiger partial charge in [-0.3, -0.25) is 10.1 Å². The Bertz CT molecular complexity index is 269. The van der Waals surface area contributed by atoms with Crippen molar-refractivity contribution >= 4 is 5.97 Å². The highest BCUT2D eigenvalue weighted by atomic mass is 16.5. The minimum atomic E-state index is -0.805. The van der Waals surface area contributed by atoms with E-state index in [9.17, 15) is 9.90 Å². The van der Waals surface area contributed by atoms with E-state index in [4.69, 9.17) is 4.74 Å². The molecule has 1 unspecified atom stereocenters. The summed E-state index contributed by atoms with van der Waals surface area (Å²) in [5.74, 6) is -0.757. The van der Waals surface area contributed by atoms with Crippen LogP contribution >= 0.6 is 0 Å². The Morgan fingerprint density at radius 3 is 2.67 bits per heavy atom. The summed E-state index contributed by atoms with van der Waals surface area (Å²) in [4.78, 5) is 13.5. The monoisotopic (exact) mass is 258 g/mol. The summed E-state index contributed by atoms with van der Waals surface area (Å²) in [6, 6.07) is 0.403. The third-order valence-electron chi connectivity index (χ3n) is 3.39. The predicted octanol–water partition coefficient (Wildman–Crippen LogP) is 0.940. The number of carboxylic acid groups (broad SMARTS) is 1. The first-order chi connectivity index (χ1) is 8.48. The van der Waals surface area contributed by atoms with Gasteiger partial charge < -0.3 is 14.7 Å². The second-order valence-corrected chi connectivity index (χ2v) is 5.31. The van der Waals surface area contributed by atoms with Gasteiger partial charge in [-0.15, -0.1) is 0 Å². The highest BCUT2D eigenvalue weighted by molar-refractivity contribution is 5.78. The molecular weight excluding hydrogens is 232 g/mol. The molecule has 1 rings (SSSR count). The minimum Gasteiger partial charge on any atom is -0.480 e. The summed E-state index contributed by atoms with van der Waals surface area (Å²) in [6.45, 7) is 6.78. The number of carbonyl (C=O) groups is 1. The van der Waals surface area contributed by atoms with Crippen molar-refractivity contribution in [1.29, 1.82) is 0 Å². The van der Waals surface area contributed by atoms with Crippen LogP contribution in [0.1, 0.15) is 33.1 Å². The fourth-order valence-electron chi connectivity index (χ4n) is 1.81. The van der Waals surface area contributed by atoms with E-state index in [0.29, 0.717) is 19.1 Å². The minimum absolute atomic E-state index is 0.403. The Morgan fingerprint density at radius 1 is 1.50 bits per heavy atom. The van der Waals surface area contributed by atoms with E-state index in [0.717, 1.165) is 32.5 Å². The van der Waals surface area contributed by atoms with Gasteiger partial charge >= 0.3 is 5.97 Å². The lowest BCUT2D eigenvalue weighted by atomic mass is 9.97. The third kappa shape index (κ3) is 5.33. The molecular formula is C13H26N2O3. The topological polar surface area (TPSA) is 61.8 Å². The van der Waals surface area contributed by atoms with Crippen LogP contribution in [0, 0.1) is 0 Å². The Labute approximate surface area is 109 Å². The fraction of sp³-hybridized carbons (Fsp3) is 0.923. The Morgan fingerprint density at radius 2 is 2.17 bits per heavy atom. The molecule has 0 radical (unpaired) electrons. The number of nitrogens with one attached hydrogen (secondary N) is 1. The van der Waals surface area contributed by atoms with Crippen molar-refractivity contribution in [3.05, 3.63) is 0 Å². The quantitative estimate of drug-likeness (QED) is 0.571. The highest BCUT2D eigenvalue weighted by Gasteiger charge is 2.38. The predicted molar refractivity (Wildman–Crippen MR) is 70.8 cm³/mol. The van der Waals surface area contributed by atoms with Crippen LogP contribution in [0.2, 0.25) is 0 Å². The molecule has 0 aromatic rings. The lowest BCUT2D eigenvalue weighted by Gasteiger charge is -2.28. The number of hydrogen-bond acceptors (Lipinski definition) is 4. The molecule has 1 aliphatic rings. The molecule has 0 bridgehead atoms. The van der Waals surface area contributed by atoms with Crippen LogP contribution < -0.4 is 5.32 Å². The normalized spacial score (nSPS) is 18.9. The maximum Gasteiger partial charge on any atom is 0.323 e. The molecule has 0 spiro atoms. The van der Waals surface area contributed by atoms with E-state index in [1.807, 2.05) is 14.0 Å². The second kappa shape index (κ2) is 7.07. The molecule has 1 aliphatic carbocycles. The molecule has 0 aromatic heterocycles. The van der Waals surface area contributed by atoms with Crippen molar-refractivity contribution in [2.24, 2.45) is 0 Å². The zero-order valence-corrected chi connectivity index (χ0v) is 11.7. The number of hydrogen-bond donors (Lipinski definition) is 2. The van der Waals surface area contributed by atoms with Gasteiger partial charge in [0.1, 0.15) is 5.54 Å². The number of carboxylic acids is 1. The summed E-state index contributed by atoms with van der Waals surface area (Å²) in [5.41, 5.74) is -0.805. The van der Waals surface area contributed by atoms with Crippen molar-refractivity contribution in [3.8, 4) is 0 Å². The number of ether oxygens (including phenoxy) is 1. The lowest BCUT2D eigenvalue weighted by molar-refractivity contribution is -0.144. The molecule has 1 fully saturated rings. The van der Waals surface area contributed by atoms with Crippen LogP contribution in [0.5, 0.6) is 0 Å². The first-order valence-corrected chi connectivity index (χ1v) is 6.75. The molecule has 5 heteroatoms. The van der Waals surface area contributed by atoms with Gasteiger partial charge in [-0.1, -0.05) is 0 Å². The first kappa shape index (κ1) is 15.4. The molecule has 0 aliphatic heterocycles. The standard InChI is InChI=1S/C13H26N2O3/c1-4-18-10-9-15(3)8-7-13(2,12(16)17)14-11-5-6-11/h11,14H,4-10H2,1-3H3,(H,16,17). The number of aliphatic carboxylic acids is 1. The molecule has 2 N–H and O–H groups in total. The number of rotatable bonds is 10. The molecule has 106 valence electrons. The zero-order chi connectivity index (χ0) is 13.6. The van der Waals surface area contributed by atoms with E-state index >= 15 is 0 Å². The van der Waals surface area contributed by atoms with Crippen molar-refractivity contribution < 1.29 is 14.6 Å². The number of nitrogens with zero attached hydrogens (tertiary/aromatic N) is 1. The molecule has 1 atom stereocenters. The van der Waals surface area contributed by atoms with Gasteiger partial charge in [-0.25, -0.2) is 0 Å². The summed E-state index contributed by atoms with van der Waals surface area (Å²) >= 11 is 0. The van der Waals surface area contributed by atoms with Crippen molar-refractivity contribution in [2.75, 3.05) is 33.4 Å². The lowest BCUT2D eigenvalue weighted by Crippen LogP contribution is -2.52. The van der Waals surface area contributed by atoms with Crippen LogP contribution in [0.3, 0.4) is 0 Å². The molecule has 1 saturated carbocycles. The van der Waals surface area contributed by atoms with Crippen LogP contribution in [-0.2, 0) is 9.53 Å². The SMILES string of the molecule is CCOCCN(C)CCC(C)(NC1CC1)C(=O)O. The molecule has 5 nitrogen and oxygen atoms in total. The van der Waals surface area contributed by atoms with Crippen molar-refractivity contribution in [1.82, 2.24) is 10.2 Å². The smallest absolute Gasteiger partial charge is 0.323 e. The van der Waals surface area contributed by atoms with Gasteiger partial charge in [-0.2, -0.15) is 0 Å². The van der Waals surface area contributed by atoms with Gasteiger partial charge in [0.05, 0.1) is 6.61 Å². The largest absolute Gasteiger partial charge is 0.480 e. The van der Waals surface area contributed by atoms with Gasteiger partial charge in [0, 0.05) is 25.7 Å². The fourth-order valence-corrected chi connectivity index (χ4v) is 1.81. The van der Waals surface area contributed by atoms with E-state index in [2.05, 4.69) is 10.2 Å². The van der Waals surface area contributed by atoms with E-state index in [-0.39, 0.29) is 0 Å². The zero-order valence-electron chi connectivity index (χ0n) is 11.7. The van der Waals surface area contributed by atoms with Crippen LogP contribution in [0.4, 0.5) is 0 Å². The maximum atomic E-state index is 11.4. The van der Waals surface area contributed by atoms with Gasteiger partial charge in [-0.05, 0) is 40.2 Å². The average Bonchev–Trinajstić information content (AvgIpc) is 3.10. The Balaban J connectivity index is 2.29. The highest BCUT2D eigenvalue weighted by Crippen LogP contribution is 2.24. The Hall–Kier alpha value is -0.650. The number of likely N-dealkylation sites (N-methyl/N-ethyl adjacent to an activating group) is 1. The molecule has 18 heavy (non-hydrogen) atoms. The molecule has 0 aromatic carbocycles. The van der Waals surface area contributed by atoms with E-state index < -0.39 is 11.5 Å². The van der Waals surface area contributed by atoms with Crippen LogP contribution in [0.15, 0.2) is 0 Å². The average molecular weight is 258 g/mol. The molecule has 0 heterocycles.